The molecule has 1 N–H and O–H groups in total. The topological polar surface area (TPSA) is 49.8 Å². The third-order valence-corrected chi connectivity index (χ3v) is 4.04. The number of aryl methyl sites for hydroxylation is 1. The first kappa shape index (κ1) is 15.8. The Bertz CT molecular complexity index is 461. The van der Waals surface area contributed by atoms with Gasteiger partial charge in [0.25, 0.3) is 0 Å². The minimum absolute atomic E-state index is 0.290. The summed E-state index contributed by atoms with van der Waals surface area (Å²) in [5.74, 6) is 0.762. The Hall–Kier alpha value is -1.55. The number of carboxylic acid groups (broad SMARTS) is 1. The summed E-state index contributed by atoms with van der Waals surface area (Å²) in [6, 6.07) is 8.10. The molecular weight excluding hydrogens is 266 g/mol. The molecule has 0 saturated carbocycles. The average Bonchev–Trinajstić information content (AvgIpc) is 2.46. The van der Waals surface area contributed by atoms with Gasteiger partial charge in [-0.05, 0) is 56.3 Å². The van der Waals surface area contributed by atoms with Gasteiger partial charge in [-0.3, -0.25) is 9.69 Å². The molecule has 0 amide bonds. The maximum Gasteiger partial charge on any atom is 0.303 e. The molecule has 1 aliphatic heterocycles. The molecule has 116 valence electrons. The maximum atomic E-state index is 10.6. The lowest BCUT2D eigenvalue weighted by Crippen LogP contribution is -2.38. The van der Waals surface area contributed by atoms with Gasteiger partial charge in [-0.2, -0.15) is 0 Å². The molecule has 4 heteroatoms. The van der Waals surface area contributed by atoms with E-state index in [-0.39, 0.29) is 6.42 Å². The summed E-state index contributed by atoms with van der Waals surface area (Å²) in [6.07, 6.45) is 3.40. The first-order valence-corrected chi connectivity index (χ1v) is 7.77. The van der Waals surface area contributed by atoms with E-state index in [1.54, 1.807) is 0 Å². The molecule has 4 nitrogen and oxygen atoms in total. The van der Waals surface area contributed by atoms with Crippen LogP contribution in [0.4, 0.5) is 0 Å². The highest BCUT2D eigenvalue weighted by Gasteiger charge is 2.20. The monoisotopic (exact) mass is 291 g/mol. The van der Waals surface area contributed by atoms with E-state index in [0.717, 1.165) is 44.6 Å². The lowest BCUT2D eigenvalue weighted by atomic mass is 9.93. The van der Waals surface area contributed by atoms with Crippen LogP contribution in [0.15, 0.2) is 24.3 Å². The molecule has 0 aliphatic carbocycles. The molecule has 1 atom stereocenters. The molecule has 0 aromatic heterocycles. The number of piperidine rings is 1. The number of rotatable bonds is 7. The normalized spacial score (nSPS) is 19.4. The quantitative estimate of drug-likeness (QED) is 0.839. The predicted molar refractivity (Wildman–Crippen MR) is 82.7 cm³/mol. The van der Waals surface area contributed by atoms with Gasteiger partial charge in [0.1, 0.15) is 12.4 Å². The van der Waals surface area contributed by atoms with E-state index in [1.807, 2.05) is 18.2 Å². The van der Waals surface area contributed by atoms with Gasteiger partial charge < -0.3 is 9.84 Å². The number of hydrogen-bond acceptors (Lipinski definition) is 3. The van der Waals surface area contributed by atoms with Crippen LogP contribution in [0.5, 0.6) is 5.75 Å². The first-order chi connectivity index (χ1) is 10.1. The van der Waals surface area contributed by atoms with E-state index in [9.17, 15) is 4.79 Å². The highest BCUT2D eigenvalue weighted by Crippen LogP contribution is 2.21. The Morgan fingerprint density at radius 1 is 1.48 bits per heavy atom. The van der Waals surface area contributed by atoms with Crippen LogP contribution in [0.3, 0.4) is 0 Å². The molecule has 0 bridgehead atoms. The van der Waals surface area contributed by atoms with Crippen molar-refractivity contribution < 1.29 is 14.6 Å². The van der Waals surface area contributed by atoms with Crippen molar-refractivity contribution in [2.24, 2.45) is 5.92 Å². The van der Waals surface area contributed by atoms with Gasteiger partial charge in [-0.15, -0.1) is 0 Å². The third-order valence-electron chi connectivity index (χ3n) is 4.04. The minimum atomic E-state index is -0.685. The number of hydrogen-bond donors (Lipinski definition) is 1. The van der Waals surface area contributed by atoms with E-state index >= 15 is 0 Å². The van der Waals surface area contributed by atoms with E-state index < -0.39 is 5.97 Å². The van der Waals surface area contributed by atoms with Crippen LogP contribution in [0, 0.1) is 12.8 Å². The van der Waals surface area contributed by atoms with Crippen LogP contribution >= 0.6 is 0 Å². The van der Waals surface area contributed by atoms with Gasteiger partial charge >= 0.3 is 5.97 Å². The van der Waals surface area contributed by atoms with Gasteiger partial charge in [0.15, 0.2) is 0 Å². The van der Waals surface area contributed by atoms with Crippen LogP contribution < -0.4 is 4.74 Å². The fourth-order valence-electron chi connectivity index (χ4n) is 2.92. The largest absolute Gasteiger partial charge is 0.492 e. The van der Waals surface area contributed by atoms with Crippen molar-refractivity contribution >= 4 is 5.97 Å². The Morgan fingerprint density at radius 3 is 3.10 bits per heavy atom. The summed E-state index contributed by atoms with van der Waals surface area (Å²) in [5, 5.41) is 8.77. The Labute approximate surface area is 126 Å². The average molecular weight is 291 g/mol. The van der Waals surface area contributed by atoms with Crippen molar-refractivity contribution in [1.82, 2.24) is 4.90 Å². The molecule has 1 saturated heterocycles. The van der Waals surface area contributed by atoms with E-state index in [0.29, 0.717) is 12.5 Å². The maximum absolute atomic E-state index is 10.6. The van der Waals surface area contributed by atoms with Crippen molar-refractivity contribution in [1.29, 1.82) is 0 Å². The summed E-state index contributed by atoms with van der Waals surface area (Å²) in [6.45, 7) is 5.77. The van der Waals surface area contributed by atoms with Gasteiger partial charge in [0.2, 0.25) is 0 Å². The number of carboxylic acids is 1. The van der Waals surface area contributed by atoms with Crippen molar-refractivity contribution in [3.63, 3.8) is 0 Å². The van der Waals surface area contributed by atoms with E-state index in [4.69, 9.17) is 9.84 Å². The zero-order chi connectivity index (χ0) is 15.1. The fraction of sp³-hybridized carbons (Fsp3) is 0.588. The van der Waals surface area contributed by atoms with Gasteiger partial charge in [-0.25, -0.2) is 0 Å². The smallest absolute Gasteiger partial charge is 0.303 e. The predicted octanol–water partition coefficient (Wildman–Crippen LogP) is 2.95. The van der Waals surface area contributed by atoms with Crippen LogP contribution in [0.2, 0.25) is 0 Å². The second kappa shape index (κ2) is 8.03. The summed E-state index contributed by atoms with van der Waals surface area (Å²) in [5.41, 5.74) is 1.21. The minimum Gasteiger partial charge on any atom is -0.492 e. The molecule has 1 aromatic carbocycles. The Morgan fingerprint density at radius 2 is 2.33 bits per heavy atom. The standard InChI is InChI=1S/C17H25NO3/c1-14-4-2-6-16(12-14)21-11-10-18-9-3-5-15(13-18)7-8-17(19)20/h2,4,6,12,15H,3,5,7-11,13H2,1H3,(H,19,20). The highest BCUT2D eigenvalue weighted by atomic mass is 16.5. The summed E-state index contributed by atoms with van der Waals surface area (Å²) in [7, 11) is 0. The summed E-state index contributed by atoms with van der Waals surface area (Å²) < 4.78 is 5.79. The van der Waals surface area contributed by atoms with Crippen LogP contribution in [0.25, 0.3) is 0 Å². The van der Waals surface area contributed by atoms with Gasteiger partial charge in [-0.1, -0.05) is 12.1 Å². The SMILES string of the molecule is Cc1cccc(OCCN2CCCC(CCC(=O)O)C2)c1. The number of carbonyl (C=O) groups is 1. The van der Waals surface area contributed by atoms with E-state index in [2.05, 4.69) is 17.9 Å². The van der Waals surface area contributed by atoms with Crippen molar-refractivity contribution in [3.8, 4) is 5.75 Å². The molecule has 1 unspecified atom stereocenters. The number of ether oxygens (including phenoxy) is 1. The van der Waals surface area contributed by atoms with Crippen molar-refractivity contribution in [2.45, 2.75) is 32.6 Å². The van der Waals surface area contributed by atoms with Crippen molar-refractivity contribution in [3.05, 3.63) is 29.8 Å². The number of likely N-dealkylation sites (tertiary alicyclic amines) is 1. The molecule has 2 rings (SSSR count). The molecule has 1 fully saturated rings. The molecule has 0 radical (unpaired) electrons. The number of aliphatic carboxylic acids is 1. The molecule has 1 aliphatic rings. The second-order valence-corrected chi connectivity index (χ2v) is 5.91. The lowest BCUT2D eigenvalue weighted by Gasteiger charge is -2.32. The molecule has 1 heterocycles. The molecule has 1 aromatic rings. The van der Waals surface area contributed by atoms with Crippen molar-refractivity contribution in [2.75, 3.05) is 26.2 Å². The number of nitrogens with zero attached hydrogens (tertiary/aromatic N) is 1. The third kappa shape index (κ3) is 5.76. The lowest BCUT2D eigenvalue weighted by molar-refractivity contribution is -0.137. The highest BCUT2D eigenvalue weighted by molar-refractivity contribution is 5.66. The zero-order valence-corrected chi connectivity index (χ0v) is 12.8. The molecule has 0 spiro atoms. The van der Waals surface area contributed by atoms with E-state index in [1.165, 1.54) is 5.56 Å². The fourth-order valence-corrected chi connectivity index (χ4v) is 2.92. The second-order valence-electron chi connectivity index (χ2n) is 5.91. The first-order valence-electron chi connectivity index (χ1n) is 7.77. The Kier molecular flexibility index (Phi) is 6.05. The van der Waals surface area contributed by atoms with Crippen LogP contribution in [0.1, 0.15) is 31.2 Å². The number of benzene rings is 1. The summed E-state index contributed by atoms with van der Waals surface area (Å²) in [4.78, 5) is 13.0. The van der Waals surface area contributed by atoms with Crippen LogP contribution in [-0.4, -0.2) is 42.2 Å². The molecule has 21 heavy (non-hydrogen) atoms. The zero-order valence-electron chi connectivity index (χ0n) is 12.8. The van der Waals surface area contributed by atoms with Gasteiger partial charge in [0, 0.05) is 19.5 Å². The molecular formula is C17H25NO3. The van der Waals surface area contributed by atoms with Gasteiger partial charge in [0.05, 0.1) is 0 Å². The summed E-state index contributed by atoms with van der Waals surface area (Å²) >= 11 is 0. The Balaban J connectivity index is 1.69. The van der Waals surface area contributed by atoms with Crippen LogP contribution in [-0.2, 0) is 4.79 Å².